The van der Waals surface area contributed by atoms with E-state index in [1.807, 2.05) is 7.05 Å². The lowest BCUT2D eigenvalue weighted by molar-refractivity contribution is -0.128. The molecule has 0 heterocycles. The van der Waals surface area contributed by atoms with E-state index in [1.54, 1.807) is 0 Å². The lowest BCUT2D eigenvalue weighted by atomic mass is 10.5. The number of ketones is 1. The van der Waals surface area contributed by atoms with E-state index in [4.69, 9.17) is 56.8 Å². The topological polar surface area (TPSA) is 285 Å². The summed E-state index contributed by atoms with van der Waals surface area (Å²) in [7, 11) is 1.84. The van der Waals surface area contributed by atoms with Gasteiger partial charge in [-0.1, -0.05) is 0 Å². The van der Waals surface area contributed by atoms with Gasteiger partial charge in [-0.15, -0.1) is 0 Å². The molecule has 0 aliphatic rings. The van der Waals surface area contributed by atoms with Crippen LogP contribution < -0.4 is 31.9 Å². The molecule has 0 radical (unpaired) electrons. The average Bonchev–Trinajstić information content (AvgIpc) is 3.25. The maximum atomic E-state index is 11.9. The van der Waals surface area contributed by atoms with Crippen molar-refractivity contribution < 1.29 is 85.6 Å². The lowest BCUT2D eigenvalue weighted by Crippen LogP contribution is -2.32. The van der Waals surface area contributed by atoms with Gasteiger partial charge in [-0.3, -0.25) is 28.8 Å². The summed E-state index contributed by atoms with van der Waals surface area (Å²) in [5.41, 5.74) is 0. The molecule has 0 aromatic rings. The molecule has 0 rings (SSSR count). The highest BCUT2D eigenvalue weighted by Gasteiger charge is 2.06. The van der Waals surface area contributed by atoms with Gasteiger partial charge in [-0.05, 0) is 14.0 Å². The Kier molecular flexibility index (Phi) is 44.3. The summed E-state index contributed by atoms with van der Waals surface area (Å²) in [4.78, 5) is 69.7. The number of likely N-dealkylation sites (N-methyl/N-ethyl adjacent to an activating group) is 1. The van der Waals surface area contributed by atoms with Gasteiger partial charge in [-0.25, -0.2) is 0 Å². The number of Topliss-reactive ketones (excluding diaryl/α,β-unsaturated/α-hetero) is 1. The van der Waals surface area contributed by atoms with Crippen LogP contribution in [0.4, 0.5) is 0 Å². The third-order valence-corrected chi connectivity index (χ3v) is 7.04. The first-order chi connectivity index (χ1) is 30.2. The second kappa shape index (κ2) is 47.0. The molecule has 0 aliphatic carbocycles. The minimum atomic E-state index is -0.311. The normalized spacial score (nSPS) is 11.0. The van der Waals surface area contributed by atoms with E-state index in [0.29, 0.717) is 59.3 Å². The lowest BCUT2D eigenvalue weighted by Gasteiger charge is -2.09. The second-order valence-corrected chi connectivity index (χ2v) is 12.5. The Morgan fingerprint density at radius 2 is 0.468 bits per heavy atom. The van der Waals surface area contributed by atoms with Crippen LogP contribution in [0.5, 0.6) is 0 Å². The highest BCUT2D eigenvalue weighted by molar-refractivity contribution is 5.78. The van der Waals surface area contributed by atoms with E-state index >= 15 is 0 Å². The van der Waals surface area contributed by atoms with Crippen LogP contribution in [0.1, 0.15) is 6.92 Å². The largest absolute Gasteiger partial charge is 0.378 e. The molecule has 24 nitrogen and oxygen atoms in total. The Morgan fingerprint density at radius 3 is 0.677 bits per heavy atom. The van der Waals surface area contributed by atoms with Crippen molar-refractivity contribution in [1.82, 2.24) is 31.9 Å². The van der Waals surface area contributed by atoms with Gasteiger partial charge < -0.3 is 88.7 Å². The van der Waals surface area contributed by atoms with E-state index in [0.717, 1.165) is 6.54 Å². The second-order valence-electron chi connectivity index (χ2n) is 12.5. The standard InChI is InChI=1S/C38H72N6O18/c1-33(45)27-57-21-15-52-10-4-40-35(47)29-59-23-17-54-12-6-42-37(49)31-61-25-19-56-14-8-44-38(50)32-62-26-20-55-13-7-43-36(48)30-60-24-18-53-11-5-41-34(46)28-58-22-16-51-9-3-39-2/h39H,3-32H2,1-2H3,(H,40,47)(H,41,46)(H,42,49)(H,43,48)(H,44,50). The summed E-state index contributed by atoms with van der Waals surface area (Å²) in [5, 5.41) is 16.3. The van der Waals surface area contributed by atoms with Crippen molar-refractivity contribution in [1.29, 1.82) is 0 Å². The number of carbonyl (C=O) groups is 6. The first-order valence-corrected chi connectivity index (χ1v) is 20.6. The smallest absolute Gasteiger partial charge is 0.246 e. The van der Waals surface area contributed by atoms with Crippen molar-refractivity contribution in [3.8, 4) is 0 Å². The molecule has 0 saturated carbocycles. The van der Waals surface area contributed by atoms with Crippen LogP contribution >= 0.6 is 0 Å². The SMILES string of the molecule is CNCCOCCOCC(=O)NCCOCCOCC(=O)NCCOCCOCC(=O)NCCOCCOCC(=O)NCCOCCOCC(=O)NCCOCCOCC(C)=O. The minimum Gasteiger partial charge on any atom is -0.378 e. The van der Waals surface area contributed by atoms with Crippen LogP contribution in [-0.4, -0.2) is 240 Å². The van der Waals surface area contributed by atoms with Crippen molar-refractivity contribution in [2.45, 2.75) is 6.92 Å². The number of amides is 5. The van der Waals surface area contributed by atoms with E-state index in [2.05, 4.69) is 31.9 Å². The fourth-order valence-electron chi connectivity index (χ4n) is 4.10. The molecule has 0 fully saturated rings. The van der Waals surface area contributed by atoms with Gasteiger partial charge in [0.1, 0.15) is 39.6 Å². The number of hydrogen-bond donors (Lipinski definition) is 6. The van der Waals surface area contributed by atoms with Gasteiger partial charge in [-0.2, -0.15) is 0 Å². The van der Waals surface area contributed by atoms with Crippen LogP contribution in [0.3, 0.4) is 0 Å². The van der Waals surface area contributed by atoms with E-state index in [-0.39, 0.29) is 167 Å². The highest BCUT2D eigenvalue weighted by Crippen LogP contribution is 1.86. The fraction of sp³-hybridized carbons (Fsp3) is 0.842. The molecule has 0 unspecified atom stereocenters. The third kappa shape index (κ3) is 47.5. The molecule has 0 bridgehead atoms. The van der Waals surface area contributed by atoms with Crippen LogP contribution in [0, 0.1) is 0 Å². The molecule has 0 aromatic carbocycles. The Hall–Kier alpha value is -3.50. The van der Waals surface area contributed by atoms with E-state index < -0.39 is 0 Å². The van der Waals surface area contributed by atoms with Crippen molar-refractivity contribution in [2.24, 2.45) is 0 Å². The van der Waals surface area contributed by atoms with Gasteiger partial charge in [0.15, 0.2) is 5.78 Å². The predicted molar refractivity (Wildman–Crippen MR) is 219 cm³/mol. The number of carbonyl (C=O) groups excluding carboxylic acids is 6. The molecule has 0 atom stereocenters. The summed E-state index contributed by atoms with van der Waals surface area (Å²) in [5.74, 6) is -1.50. The highest BCUT2D eigenvalue weighted by atomic mass is 16.6. The summed E-state index contributed by atoms with van der Waals surface area (Å²) in [6, 6.07) is 0. The zero-order valence-electron chi connectivity index (χ0n) is 36.6. The molecule has 6 N–H and O–H groups in total. The maximum Gasteiger partial charge on any atom is 0.246 e. The van der Waals surface area contributed by atoms with Crippen molar-refractivity contribution in [2.75, 3.05) is 205 Å². The van der Waals surface area contributed by atoms with Crippen LogP contribution in [-0.2, 0) is 85.6 Å². The maximum absolute atomic E-state index is 11.9. The average molecular weight is 901 g/mol. The number of rotatable bonds is 48. The summed E-state index contributed by atoms with van der Waals surface area (Å²) < 4.78 is 63.3. The molecule has 0 aromatic heterocycles. The molecule has 62 heavy (non-hydrogen) atoms. The van der Waals surface area contributed by atoms with Gasteiger partial charge in [0.2, 0.25) is 29.5 Å². The molecular formula is C38H72N6O18. The minimum absolute atomic E-state index is 0.0489. The van der Waals surface area contributed by atoms with E-state index in [9.17, 15) is 28.8 Å². The first kappa shape index (κ1) is 58.5. The Labute approximate surface area is 364 Å². The molecule has 24 heteroatoms. The predicted octanol–water partition coefficient (Wildman–Crippen LogP) is -4.43. The number of ether oxygens (including phenoxy) is 12. The quantitative estimate of drug-likeness (QED) is 0.0314. The summed E-state index contributed by atoms with van der Waals surface area (Å²) >= 11 is 0. The molecule has 362 valence electrons. The molecule has 0 spiro atoms. The van der Waals surface area contributed by atoms with Gasteiger partial charge in [0, 0.05) is 39.3 Å². The summed E-state index contributed by atoms with van der Waals surface area (Å²) in [6.07, 6.45) is 0. The van der Waals surface area contributed by atoms with Crippen LogP contribution in [0.25, 0.3) is 0 Å². The molecule has 0 saturated heterocycles. The van der Waals surface area contributed by atoms with Gasteiger partial charge in [0.25, 0.3) is 0 Å². The Morgan fingerprint density at radius 1 is 0.274 bits per heavy atom. The van der Waals surface area contributed by atoms with E-state index in [1.165, 1.54) is 6.92 Å². The van der Waals surface area contributed by atoms with Gasteiger partial charge >= 0.3 is 0 Å². The number of hydrogen-bond acceptors (Lipinski definition) is 19. The van der Waals surface area contributed by atoms with Crippen LogP contribution in [0.2, 0.25) is 0 Å². The monoisotopic (exact) mass is 900 g/mol. The molecule has 0 aliphatic heterocycles. The van der Waals surface area contributed by atoms with Crippen LogP contribution in [0.15, 0.2) is 0 Å². The Bertz CT molecular complexity index is 1130. The zero-order valence-corrected chi connectivity index (χ0v) is 36.6. The zero-order chi connectivity index (χ0) is 45.4. The van der Waals surface area contributed by atoms with Crippen molar-refractivity contribution >= 4 is 35.3 Å². The first-order valence-electron chi connectivity index (χ1n) is 20.6. The third-order valence-electron chi connectivity index (χ3n) is 7.04. The van der Waals surface area contributed by atoms with Crippen molar-refractivity contribution in [3.63, 3.8) is 0 Å². The van der Waals surface area contributed by atoms with Gasteiger partial charge in [0.05, 0.1) is 119 Å². The fourth-order valence-corrected chi connectivity index (χ4v) is 4.10. The Balaban J connectivity index is 3.38. The summed E-state index contributed by atoms with van der Waals surface area (Å²) in [6.45, 7) is 8.38. The molecule has 5 amide bonds. The number of nitrogens with one attached hydrogen (secondary N) is 6. The molecular weight excluding hydrogens is 828 g/mol. The van der Waals surface area contributed by atoms with Crippen molar-refractivity contribution in [3.05, 3.63) is 0 Å².